The number of rotatable bonds is 3. The number of hydrogen-bond donors (Lipinski definition) is 0. The van der Waals surface area contributed by atoms with Gasteiger partial charge in [-0.25, -0.2) is 9.78 Å². The Morgan fingerprint density at radius 3 is 2.80 bits per heavy atom. The van der Waals surface area contributed by atoms with Crippen molar-refractivity contribution in [3.8, 4) is 5.88 Å². The molecule has 0 aliphatic carbocycles. The number of pyridine rings is 2. The summed E-state index contributed by atoms with van der Waals surface area (Å²) in [6, 6.07) is 11.5. The highest BCUT2D eigenvalue weighted by Gasteiger charge is 2.28. The Kier molecular flexibility index (Phi) is 4.01. The summed E-state index contributed by atoms with van der Waals surface area (Å²) in [5, 5.41) is 0.798. The van der Waals surface area contributed by atoms with Crippen molar-refractivity contribution >= 4 is 38.7 Å². The molecule has 4 rings (SSSR count). The highest BCUT2D eigenvalue weighted by molar-refractivity contribution is 9.10. The van der Waals surface area contributed by atoms with Gasteiger partial charge in [-0.15, -0.1) is 0 Å². The van der Waals surface area contributed by atoms with Crippen LogP contribution in [0.4, 0.5) is 10.5 Å². The summed E-state index contributed by atoms with van der Waals surface area (Å²) in [6.07, 6.45) is 1.32. The number of carbonyl (C=O) groups is 1. The first kappa shape index (κ1) is 15.8. The number of nitrogens with zero attached hydrogens (tertiary/aromatic N) is 3. The number of amides is 1. The molecule has 1 aromatic carbocycles. The van der Waals surface area contributed by atoms with Crippen molar-refractivity contribution in [3.63, 3.8) is 0 Å². The van der Waals surface area contributed by atoms with Gasteiger partial charge in [-0.1, -0.05) is 28.1 Å². The molecule has 1 aliphatic rings. The SMILES string of the molecule is COc1ccc2c3c(cnc2n1)COC(=O)N3Cc1ccc(Br)cc1. The number of carbonyl (C=O) groups excluding carboxylic acids is 1. The number of fused-ring (bicyclic) bond motifs is 3. The van der Waals surface area contributed by atoms with Gasteiger partial charge in [0.15, 0.2) is 5.65 Å². The number of anilines is 1. The third kappa shape index (κ3) is 2.91. The third-order valence-electron chi connectivity index (χ3n) is 4.06. The lowest BCUT2D eigenvalue weighted by Crippen LogP contribution is -2.35. The molecular weight excluding hydrogens is 386 g/mol. The van der Waals surface area contributed by atoms with Crippen molar-refractivity contribution < 1.29 is 14.3 Å². The quantitative estimate of drug-likeness (QED) is 0.664. The van der Waals surface area contributed by atoms with Crippen molar-refractivity contribution in [2.24, 2.45) is 0 Å². The fourth-order valence-electron chi connectivity index (χ4n) is 2.85. The van der Waals surface area contributed by atoms with Crippen molar-refractivity contribution in [1.82, 2.24) is 9.97 Å². The van der Waals surface area contributed by atoms with Crippen LogP contribution in [0.2, 0.25) is 0 Å². The lowest BCUT2D eigenvalue weighted by molar-refractivity contribution is 0.141. The number of ether oxygens (including phenoxy) is 2. The van der Waals surface area contributed by atoms with E-state index >= 15 is 0 Å². The molecule has 3 aromatic rings. The van der Waals surface area contributed by atoms with Gasteiger partial charge in [0.2, 0.25) is 5.88 Å². The van der Waals surface area contributed by atoms with Gasteiger partial charge in [0.05, 0.1) is 19.3 Å². The van der Waals surface area contributed by atoms with E-state index in [9.17, 15) is 4.79 Å². The molecule has 7 heteroatoms. The minimum Gasteiger partial charge on any atom is -0.481 e. The van der Waals surface area contributed by atoms with Crippen LogP contribution in [-0.4, -0.2) is 23.2 Å². The lowest BCUT2D eigenvalue weighted by atomic mass is 10.1. The smallest absolute Gasteiger partial charge is 0.414 e. The minimum atomic E-state index is -0.376. The minimum absolute atomic E-state index is 0.208. The second-order valence-corrected chi connectivity index (χ2v) is 6.54. The zero-order valence-electron chi connectivity index (χ0n) is 13.4. The fourth-order valence-corrected chi connectivity index (χ4v) is 3.11. The van der Waals surface area contributed by atoms with Crippen LogP contribution in [0.3, 0.4) is 0 Å². The maximum absolute atomic E-state index is 12.4. The van der Waals surface area contributed by atoms with E-state index in [-0.39, 0.29) is 12.7 Å². The Labute approximate surface area is 152 Å². The summed E-state index contributed by atoms with van der Waals surface area (Å²) in [4.78, 5) is 22.8. The molecule has 3 heterocycles. The second kappa shape index (κ2) is 6.33. The lowest BCUT2D eigenvalue weighted by Gasteiger charge is -2.29. The molecule has 0 saturated heterocycles. The molecular formula is C18H14BrN3O3. The van der Waals surface area contributed by atoms with Gasteiger partial charge in [-0.2, -0.15) is 4.98 Å². The van der Waals surface area contributed by atoms with Crippen LogP contribution in [0.1, 0.15) is 11.1 Å². The number of hydrogen-bond acceptors (Lipinski definition) is 5. The molecule has 1 aliphatic heterocycles. The highest BCUT2D eigenvalue weighted by Crippen LogP contribution is 2.35. The predicted octanol–water partition coefficient (Wildman–Crippen LogP) is 4.06. The van der Waals surface area contributed by atoms with Gasteiger partial charge in [0.25, 0.3) is 0 Å². The maximum Gasteiger partial charge on any atom is 0.414 e. The number of benzene rings is 1. The van der Waals surface area contributed by atoms with Crippen LogP contribution < -0.4 is 9.64 Å². The molecule has 6 nitrogen and oxygen atoms in total. The van der Waals surface area contributed by atoms with Gasteiger partial charge in [0, 0.05) is 27.7 Å². The summed E-state index contributed by atoms with van der Waals surface area (Å²) < 4.78 is 11.4. The normalized spacial score (nSPS) is 13.5. The summed E-state index contributed by atoms with van der Waals surface area (Å²) in [6.45, 7) is 0.615. The van der Waals surface area contributed by atoms with Crippen LogP contribution in [0.5, 0.6) is 5.88 Å². The van der Waals surface area contributed by atoms with Crippen molar-refractivity contribution in [1.29, 1.82) is 0 Å². The molecule has 0 radical (unpaired) electrons. The molecule has 0 N–H and O–H groups in total. The van der Waals surface area contributed by atoms with Gasteiger partial charge in [-0.3, -0.25) is 4.90 Å². The van der Waals surface area contributed by atoms with E-state index in [0.717, 1.165) is 26.7 Å². The fraction of sp³-hybridized carbons (Fsp3) is 0.167. The van der Waals surface area contributed by atoms with Crippen LogP contribution in [0.15, 0.2) is 47.1 Å². The molecule has 0 spiro atoms. The highest BCUT2D eigenvalue weighted by atomic mass is 79.9. The Hall–Kier alpha value is -2.67. The molecule has 2 aromatic heterocycles. The first-order valence-corrected chi connectivity index (χ1v) is 8.46. The molecule has 0 unspecified atom stereocenters. The van der Waals surface area contributed by atoms with Crippen molar-refractivity contribution in [2.75, 3.05) is 12.0 Å². The Morgan fingerprint density at radius 1 is 1.24 bits per heavy atom. The molecule has 0 saturated carbocycles. The standard InChI is InChI=1S/C18H14BrN3O3/c1-24-15-7-6-14-16-12(8-20-17(14)21-15)10-25-18(23)22(16)9-11-2-4-13(19)5-3-11/h2-8H,9-10H2,1H3. The van der Waals surface area contributed by atoms with Crippen LogP contribution >= 0.6 is 15.9 Å². The van der Waals surface area contributed by atoms with Gasteiger partial charge in [-0.05, 0) is 23.8 Å². The number of cyclic esters (lactones) is 1. The van der Waals surface area contributed by atoms with Crippen LogP contribution in [0.25, 0.3) is 11.0 Å². The summed E-state index contributed by atoms with van der Waals surface area (Å²) in [5.41, 5.74) is 3.18. The van der Waals surface area contributed by atoms with E-state index in [0.29, 0.717) is 18.1 Å². The van der Waals surface area contributed by atoms with E-state index in [1.165, 1.54) is 0 Å². The average molecular weight is 400 g/mol. The van der Waals surface area contributed by atoms with Gasteiger partial charge >= 0.3 is 6.09 Å². The summed E-state index contributed by atoms with van der Waals surface area (Å²) in [5.74, 6) is 0.484. The molecule has 1 amide bonds. The molecule has 126 valence electrons. The Bertz CT molecular complexity index is 960. The number of methoxy groups -OCH3 is 1. The predicted molar refractivity (Wildman–Crippen MR) is 96.6 cm³/mol. The van der Waals surface area contributed by atoms with Crippen molar-refractivity contribution in [3.05, 3.63) is 58.2 Å². The Balaban J connectivity index is 1.82. The summed E-state index contributed by atoms with van der Waals surface area (Å²) >= 11 is 3.42. The van der Waals surface area contributed by atoms with E-state index in [1.54, 1.807) is 24.3 Å². The first-order chi connectivity index (χ1) is 12.2. The van der Waals surface area contributed by atoms with E-state index in [4.69, 9.17) is 9.47 Å². The Morgan fingerprint density at radius 2 is 2.04 bits per heavy atom. The van der Waals surface area contributed by atoms with Gasteiger partial charge in [0.1, 0.15) is 6.61 Å². The largest absolute Gasteiger partial charge is 0.481 e. The summed E-state index contributed by atoms with van der Waals surface area (Å²) in [7, 11) is 1.56. The second-order valence-electron chi connectivity index (χ2n) is 5.62. The molecule has 0 fully saturated rings. The van der Waals surface area contributed by atoms with E-state index in [1.807, 2.05) is 30.3 Å². The van der Waals surface area contributed by atoms with Crippen LogP contribution in [0, 0.1) is 0 Å². The molecule has 25 heavy (non-hydrogen) atoms. The molecule has 0 bridgehead atoms. The molecule has 0 atom stereocenters. The average Bonchev–Trinajstić information content (AvgIpc) is 2.64. The maximum atomic E-state index is 12.4. The number of halogens is 1. The number of aromatic nitrogens is 2. The van der Waals surface area contributed by atoms with Crippen molar-refractivity contribution in [2.45, 2.75) is 13.2 Å². The third-order valence-corrected chi connectivity index (χ3v) is 4.58. The van der Waals surface area contributed by atoms with E-state index in [2.05, 4.69) is 25.9 Å². The first-order valence-electron chi connectivity index (χ1n) is 7.67. The van der Waals surface area contributed by atoms with Gasteiger partial charge < -0.3 is 9.47 Å². The zero-order valence-corrected chi connectivity index (χ0v) is 15.0. The van der Waals surface area contributed by atoms with Crippen LogP contribution in [-0.2, 0) is 17.9 Å². The monoisotopic (exact) mass is 399 g/mol. The topological polar surface area (TPSA) is 64.6 Å². The van der Waals surface area contributed by atoms with E-state index < -0.39 is 0 Å². The zero-order chi connectivity index (χ0) is 17.4.